The summed E-state index contributed by atoms with van der Waals surface area (Å²) in [6, 6.07) is 3.33. The molecule has 0 aliphatic carbocycles. The van der Waals surface area contributed by atoms with Crippen LogP contribution in [0.3, 0.4) is 0 Å². The minimum absolute atomic E-state index is 0.270. The van der Waals surface area contributed by atoms with Crippen LogP contribution in [0.2, 0.25) is 0 Å². The molecule has 88 valence electrons. The molecule has 1 aromatic carbocycles. The van der Waals surface area contributed by atoms with Gasteiger partial charge in [0.05, 0.1) is 12.2 Å². The molecule has 0 bridgehead atoms. The van der Waals surface area contributed by atoms with Crippen LogP contribution in [0.4, 0.5) is 13.2 Å². The summed E-state index contributed by atoms with van der Waals surface area (Å²) in [5.41, 5.74) is 0.120. The Kier molecular flexibility index (Phi) is 4.56. The first-order chi connectivity index (χ1) is 7.49. The number of allylic oxidation sites excluding steroid dienone is 1. The number of aliphatic hydroxyl groups excluding tert-OH is 1. The van der Waals surface area contributed by atoms with E-state index < -0.39 is 18.3 Å². The molecule has 1 aromatic rings. The van der Waals surface area contributed by atoms with Crippen molar-refractivity contribution in [1.29, 1.82) is 0 Å². The second-order valence-electron chi connectivity index (χ2n) is 3.13. The van der Waals surface area contributed by atoms with Gasteiger partial charge in [-0.3, -0.25) is 0 Å². The molecule has 1 rings (SSSR count). The quantitative estimate of drug-likeness (QED) is 0.845. The smallest absolute Gasteiger partial charge is 0.392 e. The van der Waals surface area contributed by atoms with Crippen molar-refractivity contribution >= 4 is 22.0 Å². The molecule has 0 saturated heterocycles. The fraction of sp³-hybridized carbons (Fsp3) is 0.273. The van der Waals surface area contributed by atoms with Crippen LogP contribution in [0.5, 0.6) is 0 Å². The minimum Gasteiger partial charge on any atom is -0.392 e. The van der Waals surface area contributed by atoms with E-state index in [1.54, 1.807) is 12.2 Å². The van der Waals surface area contributed by atoms with Crippen LogP contribution in [-0.2, 0) is 12.8 Å². The molecule has 0 spiro atoms. The number of benzene rings is 1. The van der Waals surface area contributed by atoms with Crippen LogP contribution in [-0.4, -0.2) is 10.4 Å². The van der Waals surface area contributed by atoms with Gasteiger partial charge in [0.2, 0.25) is 0 Å². The van der Waals surface area contributed by atoms with E-state index in [9.17, 15) is 13.2 Å². The summed E-state index contributed by atoms with van der Waals surface area (Å²) in [4.78, 5) is 0. The predicted octanol–water partition coefficient (Wildman–Crippen LogP) is 3.61. The van der Waals surface area contributed by atoms with Crippen LogP contribution in [0.25, 0.3) is 6.08 Å². The van der Waals surface area contributed by atoms with Crippen LogP contribution in [0.1, 0.15) is 16.7 Å². The Bertz CT molecular complexity index is 385. The number of alkyl halides is 4. The van der Waals surface area contributed by atoms with Crippen LogP contribution >= 0.6 is 15.9 Å². The van der Waals surface area contributed by atoms with Crippen LogP contribution in [0, 0.1) is 0 Å². The zero-order valence-corrected chi connectivity index (χ0v) is 9.85. The Hall–Kier alpha value is -0.810. The highest BCUT2D eigenvalue weighted by atomic mass is 79.9. The summed E-state index contributed by atoms with van der Waals surface area (Å²) in [5.74, 6) is 0. The zero-order chi connectivity index (χ0) is 12.2. The molecule has 0 aliphatic rings. The average molecular weight is 295 g/mol. The topological polar surface area (TPSA) is 20.2 Å². The summed E-state index contributed by atoms with van der Waals surface area (Å²) in [6.07, 6.45) is -0.955. The van der Waals surface area contributed by atoms with Crippen LogP contribution < -0.4 is 0 Å². The lowest BCUT2D eigenvalue weighted by Gasteiger charge is -2.10. The fourth-order valence-electron chi connectivity index (χ4n) is 1.25. The van der Waals surface area contributed by atoms with Gasteiger partial charge in [-0.2, -0.15) is 13.2 Å². The van der Waals surface area contributed by atoms with E-state index in [-0.39, 0.29) is 5.56 Å². The highest BCUT2D eigenvalue weighted by Gasteiger charge is 2.30. The van der Waals surface area contributed by atoms with E-state index in [0.717, 1.165) is 12.1 Å². The van der Waals surface area contributed by atoms with Crippen molar-refractivity contribution in [2.24, 2.45) is 0 Å². The van der Waals surface area contributed by atoms with Crippen molar-refractivity contribution in [3.05, 3.63) is 41.0 Å². The average Bonchev–Trinajstić information content (AvgIpc) is 2.24. The van der Waals surface area contributed by atoms with Crippen molar-refractivity contribution in [2.75, 3.05) is 5.33 Å². The Morgan fingerprint density at radius 1 is 1.31 bits per heavy atom. The Balaban J connectivity index is 3.12. The standard InChI is InChI=1S/C11H10BrF3O/c12-5-1-2-8-3-4-10(11(13,14)15)6-9(8)7-16/h1-4,6,16H,5,7H2. The first-order valence-electron chi connectivity index (χ1n) is 4.52. The Morgan fingerprint density at radius 2 is 2.00 bits per heavy atom. The molecule has 5 heteroatoms. The molecule has 0 saturated carbocycles. The van der Waals surface area contributed by atoms with Crippen LogP contribution in [0.15, 0.2) is 24.3 Å². The SMILES string of the molecule is OCc1cc(C(F)(F)F)ccc1C=CCBr. The van der Waals surface area contributed by atoms with Gasteiger partial charge >= 0.3 is 6.18 Å². The van der Waals surface area contributed by atoms with Gasteiger partial charge in [-0.15, -0.1) is 0 Å². The lowest BCUT2D eigenvalue weighted by molar-refractivity contribution is -0.137. The lowest BCUT2D eigenvalue weighted by Crippen LogP contribution is -2.06. The van der Waals surface area contributed by atoms with E-state index in [1.165, 1.54) is 6.07 Å². The predicted molar refractivity (Wildman–Crippen MR) is 60.2 cm³/mol. The highest BCUT2D eigenvalue weighted by molar-refractivity contribution is 9.09. The normalized spacial score (nSPS) is 12.3. The molecule has 0 aromatic heterocycles. The second-order valence-corrected chi connectivity index (χ2v) is 3.77. The molecular weight excluding hydrogens is 285 g/mol. The van der Waals surface area contributed by atoms with Crippen molar-refractivity contribution in [2.45, 2.75) is 12.8 Å². The third kappa shape index (κ3) is 3.35. The number of aliphatic hydroxyl groups is 1. The molecule has 1 nitrogen and oxygen atoms in total. The molecule has 16 heavy (non-hydrogen) atoms. The van der Waals surface area contributed by atoms with E-state index in [1.807, 2.05) is 0 Å². The van der Waals surface area contributed by atoms with Gasteiger partial charge < -0.3 is 5.11 Å². The number of hydrogen-bond donors (Lipinski definition) is 1. The zero-order valence-electron chi connectivity index (χ0n) is 8.26. The maximum atomic E-state index is 12.4. The fourth-order valence-corrected chi connectivity index (χ4v) is 1.44. The third-order valence-electron chi connectivity index (χ3n) is 2.03. The molecule has 0 aliphatic heterocycles. The van der Waals surface area contributed by atoms with Gasteiger partial charge in [0.1, 0.15) is 0 Å². The molecule has 0 atom stereocenters. The Labute approximate surface area is 99.7 Å². The largest absolute Gasteiger partial charge is 0.416 e. The summed E-state index contributed by atoms with van der Waals surface area (Å²) in [7, 11) is 0. The molecule has 1 N–H and O–H groups in total. The summed E-state index contributed by atoms with van der Waals surface area (Å²) in [5, 5.41) is 9.60. The lowest BCUT2D eigenvalue weighted by atomic mass is 10.0. The van der Waals surface area contributed by atoms with E-state index in [2.05, 4.69) is 15.9 Å². The maximum absolute atomic E-state index is 12.4. The maximum Gasteiger partial charge on any atom is 0.416 e. The van der Waals surface area contributed by atoms with Gasteiger partial charge in [0.25, 0.3) is 0 Å². The van der Waals surface area contributed by atoms with Crippen molar-refractivity contribution in [1.82, 2.24) is 0 Å². The van der Waals surface area contributed by atoms with Gasteiger partial charge in [0.15, 0.2) is 0 Å². The molecule has 0 fully saturated rings. The molecule has 0 unspecified atom stereocenters. The highest BCUT2D eigenvalue weighted by Crippen LogP contribution is 2.30. The summed E-state index contributed by atoms with van der Waals surface area (Å²) in [6.45, 7) is -0.411. The van der Waals surface area contributed by atoms with Crippen molar-refractivity contribution in [3.63, 3.8) is 0 Å². The first-order valence-corrected chi connectivity index (χ1v) is 5.64. The molecular formula is C11H10BrF3O. The third-order valence-corrected chi connectivity index (χ3v) is 2.40. The Morgan fingerprint density at radius 3 is 2.50 bits per heavy atom. The number of hydrogen-bond acceptors (Lipinski definition) is 1. The van der Waals surface area contributed by atoms with Crippen molar-refractivity contribution < 1.29 is 18.3 Å². The first kappa shape index (κ1) is 13.3. The van der Waals surface area contributed by atoms with E-state index in [4.69, 9.17) is 5.11 Å². The van der Waals surface area contributed by atoms with Crippen molar-refractivity contribution in [3.8, 4) is 0 Å². The van der Waals surface area contributed by atoms with Gasteiger partial charge in [0, 0.05) is 5.33 Å². The van der Waals surface area contributed by atoms with E-state index >= 15 is 0 Å². The van der Waals surface area contributed by atoms with Gasteiger partial charge in [-0.25, -0.2) is 0 Å². The molecule has 0 radical (unpaired) electrons. The minimum atomic E-state index is -4.37. The summed E-state index contributed by atoms with van der Waals surface area (Å²) >= 11 is 3.17. The van der Waals surface area contributed by atoms with Gasteiger partial charge in [-0.1, -0.05) is 34.1 Å². The second kappa shape index (κ2) is 5.50. The molecule has 0 heterocycles. The number of rotatable bonds is 3. The monoisotopic (exact) mass is 294 g/mol. The number of halogens is 4. The molecule has 0 amide bonds. The van der Waals surface area contributed by atoms with E-state index in [0.29, 0.717) is 10.9 Å². The summed E-state index contributed by atoms with van der Waals surface area (Å²) < 4.78 is 37.1. The van der Waals surface area contributed by atoms with Gasteiger partial charge in [-0.05, 0) is 23.3 Å².